The number of hydrogen-bond acceptors (Lipinski definition) is 3. The number of anilines is 1. The number of likely N-dealkylation sites (tertiary alicyclic amines) is 1. The van der Waals surface area contributed by atoms with Crippen LogP contribution in [0.15, 0.2) is 66.7 Å². The summed E-state index contributed by atoms with van der Waals surface area (Å²) in [7, 11) is 0. The van der Waals surface area contributed by atoms with Crippen molar-refractivity contribution in [1.29, 1.82) is 5.41 Å². The normalized spacial score (nSPS) is 16.6. The highest BCUT2D eigenvalue weighted by Crippen LogP contribution is 2.36. The maximum absolute atomic E-state index is 13.7. The van der Waals surface area contributed by atoms with Crippen LogP contribution in [0.4, 0.5) is 10.1 Å². The van der Waals surface area contributed by atoms with Gasteiger partial charge in [-0.05, 0) is 119 Å². The Morgan fingerprint density at radius 2 is 1.59 bits per heavy atom. The molecular formula is C41H52FN3O. The van der Waals surface area contributed by atoms with Crippen molar-refractivity contribution in [3.8, 4) is 12.3 Å². The van der Waals surface area contributed by atoms with E-state index in [0.717, 1.165) is 56.3 Å². The minimum Gasteiger partial charge on any atom is -0.368 e. The van der Waals surface area contributed by atoms with Crippen molar-refractivity contribution in [2.24, 2.45) is 17.8 Å². The Balaban J connectivity index is 0.000000531. The number of carbonyl (C=O) groups excluding carboxylic acids is 1. The number of nitrogens with one attached hydrogen (secondary N) is 1. The maximum Gasteiger partial charge on any atom is 0.253 e. The molecule has 0 spiro atoms. The quantitative estimate of drug-likeness (QED) is 0.191. The minimum absolute atomic E-state index is 0.0526. The fourth-order valence-corrected chi connectivity index (χ4v) is 6.34. The highest BCUT2D eigenvalue weighted by atomic mass is 19.1. The summed E-state index contributed by atoms with van der Waals surface area (Å²) in [4.78, 5) is 18.0. The number of rotatable bonds is 9. The molecule has 1 heterocycles. The summed E-state index contributed by atoms with van der Waals surface area (Å²) in [6.07, 6.45) is 13.5. The molecule has 244 valence electrons. The molecule has 3 aliphatic rings. The third-order valence-electron chi connectivity index (χ3n) is 9.54. The zero-order chi connectivity index (χ0) is 33.2. The van der Waals surface area contributed by atoms with Crippen LogP contribution >= 0.6 is 0 Å². The molecule has 3 aromatic carbocycles. The first kappa shape index (κ1) is 35.0. The van der Waals surface area contributed by atoms with Crippen LogP contribution in [0.1, 0.15) is 98.3 Å². The monoisotopic (exact) mass is 621 g/mol. The lowest BCUT2D eigenvalue weighted by Gasteiger charge is -2.41. The van der Waals surface area contributed by atoms with Gasteiger partial charge in [-0.25, -0.2) is 4.39 Å². The summed E-state index contributed by atoms with van der Waals surface area (Å²) < 4.78 is 13.7. The number of amides is 1. The van der Waals surface area contributed by atoms with Gasteiger partial charge in [-0.1, -0.05) is 50.2 Å². The second-order valence-electron chi connectivity index (χ2n) is 13.0. The van der Waals surface area contributed by atoms with Gasteiger partial charge in [-0.2, -0.15) is 0 Å². The number of halogens is 1. The Labute approximate surface area is 276 Å². The molecular weight excluding hydrogens is 569 g/mol. The van der Waals surface area contributed by atoms with Crippen molar-refractivity contribution in [2.45, 2.75) is 85.6 Å². The van der Waals surface area contributed by atoms with Crippen LogP contribution in [0, 0.1) is 55.2 Å². The van der Waals surface area contributed by atoms with Gasteiger partial charge in [0.2, 0.25) is 0 Å². The predicted octanol–water partition coefficient (Wildman–Crippen LogP) is 9.46. The Hall–Kier alpha value is -3.91. The highest BCUT2D eigenvalue weighted by Gasteiger charge is 2.33. The standard InChI is InChI=1S/C33H38FN3O.C6H8.C2H6/c1-22-7-4-5-10-31(22)37(21-25-11-12-25)24(3)26-15-17-36(18-16-26)33(38)28-13-14-30(23(2)19-28)32(35)27-8-6-9-29(34)20-27;1-2-3-6-4-5-6;1-2/h4-10,13-14,19-20,24-26,35H,11-12,15-18,21H2,1-3H3;1,6H,3-5H2;1-2H3. The second-order valence-corrected chi connectivity index (χ2v) is 13.0. The van der Waals surface area contributed by atoms with E-state index in [4.69, 9.17) is 11.8 Å². The van der Waals surface area contributed by atoms with E-state index >= 15 is 0 Å². The van der Waals surface area contributed by atoms with E-state index in [1.807, 2.05) is 43.9 Å². The van der Waals surface area contributed by atoms with E-state index in [0.29, 0.717) is 28.7 Å². The second kappa shape index (κ2) is 16.6. The Kier molecular flexibility index (Phi) is 12.6. The predicted molar refractivity (Wildman–Crippen MR) is 190 cm³/mol. The van der Waals surface area contributed by atoms with E-state index < -0.39 is 0 Å². The Morgan fingerprint density at radius 3 is 2.15 bits per heavy atom. The molecule has 2 aliphatic carbocycles. The topological polar surface area (TPSA) is 47.4 Å². The first-order valence-electron chi connectivity index (χ1n) is 17.3. The lowest BCUT2D eigenvalue weighted by atomic mass is 9.88. The summed E-state index contributed by atoms with van der Waals surface area (Å²) in [6.45, 7) is 13.1. The van der Waals surface area contributed by atoms with Gasteiger partial charge in [0, 0.05) is 54.5 Å². The van der Waals surface area contributed by atoms with E-state index in [-0.39, 0.29) is 17.4 Å². The molecule has 1 saturated heterocycles. The fraction of sp³-hybridized carbons (Fsp3) is 0.463. The maximum atomic E-state index is 13.7. The number of hydrogen-bond donors (Lipinski definition) is 1. The molecule has 3 aromatic rings. The summed E-state index contributed by atoms with van der Waals surface area (Å²) >= 11 is 0. The Bertz CT molecular complexity index is 1510. The highest BCUT2D eigenvalue weighted by molar-refractivity contribution is 6.12. The largest absolute Gasteiger partial charge is 0.368 e. The van der Waals surface area contributed by atoms with Crippen LogP contribution < -0.4 is 4.90 Å². The SMILES string of the molecule is C#CCC1CC1.CC.Cc1cc(C(=O)N2CCC(C(C)N(CC3CC3)c3ccccc3C)CC2)ccc1C(=N)c1cccc(F)c1. The minimum atomic E-state index is -0.357. The first-order chi connectivity index (χ1) is 22.2. The summed E-state index contributed by atoms with van der Waals surface area (Å²) in [6, 6.07) is 20.8. The molecule has 0 radical (unpaired) electrons. The molecule has 4 nitrogen and oxygen atoms in total. The van der Waals surface area contributed by atoms with E-state index in [2.05, 4.69) is 48.9 Å². The lowest BCUT2D eigenvalue weighted by molar-refractivity contribution is 0.0679. The van der Waals surface area contributed by atoms with Crippen LogP contribution in [-0.2, 0) is 0 Å². The number of carbonyl (C=O) groups is 1. The molecule has 3 fully saturated rings. The molecule has 5 heteroatoms. The molecule has 0 bridgehead atoms. The van der Waals surface area contributed by atoms with Gasteiger partial charge >= 0.3 is 0 Å². The molecule has 1 unspecified atom stereocenters. The first-order valence-corrected chi connectivity index (χ1v) is 17.3. The molecule has 46 heavy (non-hydrogen) atoms. The van der Waals surface area contributed by atoms with Gasteiger partial charge in [0.15, 0.2) is 0 Å². The van der Waals surface area contributed by atoms with Crippen molar-refractivity contribution < 1.29 is 9.18 Å². The number of para-hydroxylation sites is 1. The Morgan fingerprint density at radius 1 is 0.913 bits per heavy atom. The summed E-state index contributed by atoms with van der Waals surface area (Å²) in [5, 5.41) is 8.53. The number of aryl methyl sites for hydroxylation is 2. The third kappa shape index (κ3) is 9.32. The van der Waals surface area contributed by atoms with Gasteiger partial charge in [0.1, 0.15) is 5.82 Å². The number of piperidine rings is 1. The average Bonchev–Trinajstić information content (AvgIpc) is 4.02. The molecule has 2 saturated carbocycles. The molecule has 1 amide bonds. The fourth-order valence-electron chi connectivity index (χ4n) is 6.34. The van der Waals surface area contributed by atoms with Crippen LogP contribution in [0.25, 0.3) is 0 Å². The van der Waals surface area contributed by atoms with E-state index in [9.17, 15) is 9.18 Å². The van der Waals surface area contributed by atoms with Crippen LogP contribution in [-0.4, -0.2) is 42.2 Å². The van der Waals surface area contributed by atoms with Crippen LogP contribution in [0.3, 0.4) is 0 Å². The number of terminal acetylenes is 1. The van der Waals surface area contributed by atoms with Crippen molar-refractivity contribution in [3.63, 3.8) is 0 Å². The van der Waals surface area contributed by atoms with Gasteiger partial charge in [0.05, 0.1) is 5.71 Å². The number of nitrogens with zero attached hydrogens (tertiary/aromatic N) is 2. The molecule has 0 aromatic heterocycles. The third-order valence-corrected chi connectivity index (χ3v) is 9.54. The smallest absolute Gasteiger partial charge is 0.253 e. The average molecular weight is 622 g/mol. The van der Waals surface area contributed by atoms with Crippen molar-refractivity contribution in [3.05, 3.63) is 100 Å². The molecule has 1 aliphatic heterocycles. The molecule has 1 N–H and O–H groups in total. The zero-order valence-corrected chi connectivity index (χ0v) is 28.5. The van der Waals surface area contributed by atoms with Gasteiger partial charge in [0.25, 0.3) is 5.91 Å². The lowest BCUT2D eigenvalue weighted by Crippen LogP contribution is -2.46. The van der Waals surface area contributed by atoms with E-state index in [1.54, 1.807) is 12.1 Å². The van der Waals surface area contributed by atoms with Crippen molar-refractivity contribution in [2.75, 3.05) is 24.5 Å². The summed E-state index contributed by atoms with van der Waals surface area (Å²) in [5.41, 5.74) is 5.70. The molecule has 1 atom stereocenters. The van der Waals surface area contributed by atoms with Gasteiger partial charge in [-0.3, -0.25) is 10.2 Å². The van der Waals surface area contributed by atoms with Crippen molar-refractivity contribution >= 4 is 17.3 Å². The van der Waals surface area contributed by atoms with Crippen LogP contribution in [0.5, 0.6) is 0 Å². The van der Waals surface area contributed by atoms with E-state index in [1.165, 1.54) is 49.1 Å². The van der Waals surface area contributed by atoms with Crippen molar-refractivity contribution in [1.82, 2.24) is 4.90 Å². The van der Waals surface area contributed by atoms with Gasteiger partial charge in [-0.15, -0.1) is 12.3 Å². The van der Waals surface area contributed by atoms with Crippen LogP contribution in [0.2, 0.25) is 0 Å². The number of benzene rings is 3. The van der Waals surface area contributed by atoms with Gasteiger partial charge < -0.3 is 9.80 Å². The zero-order valence-electron chi connectivity index (χ0n) is 28.5. The molecule has 6 rings (SSSR count). The summed E-state index contributed by atoms with van der Waals surface area (Å²) in [5.74, 6) is 4.60.